The number of rotatable bonds is 4. The Balaban J connectivity index is 0.00000264. The van der Waals surface area contributed by atoms with E-state index in [1.54, 1.807) is 0 Å². The Kier molecular flexibility index (Phi) is 7.70. The van der Waals surface area contributed by atoms with Crippen molar-refractivity contribution in [3.63, 3.8) is 0 Å². The van der Waals surface area contributed by atoms with E-state index in [1.165, 1.54) is 18.9 Å². The van der Waals surface area contributed by atoms with Crippen molar-refractivity contribution in [2.24, 2.45) is 0 Å². The number of likely N-dealkylation sites (tertiary alicyclic amines) is 1. The minimum Gasteiger partial charge on any atom is -0.548 e. The summed E-state index contributed by atoms with van der Waals surface area (Å²) in [5.74, 6) is -1.27. The quantitative estimate of drug-likeness (QED) is 0.623. The summed E-state index contributed by atoms with van der Waals surface area (Å²) in [5, 5.41) is 14.3. The molecule has 120 valence electrons. The van der Waals surface area contributed by atoms with Crippen molar-refractivity contribution in [2.75, 3.05) is 13.7 Å². The second-order valence-electron chi connectivity index (χ2n) is 5.82. The molecular weight excluding hydrogens is 323 g/mol. The summed E-state index contributed by atoms with van der Waals surface area (Å²) < 4.78 is 5.21. The van der Waals surface area contributed by atoms with Gasteiger partial charge in [0.25, 0.3) is 0 Å². The van der Waals surface area contributed by atoms with Crippen LogP contribution >= 0.6 is 0 Å². The molecule has 2 unspecified atom stereocenters. The second kappa shape index (κ2) is 8.59. The predicted molar refractivity (Wildman–Crippen MR) is 78.9 cm³/mol. The van der Waals surface area contributed by atoms with E-state index in [2.05, 4.69) is 5.32 Å². The van der Waals surface area contributed by atoms with Gasteiger partial charge in [0.2, 0.25) is 0 Å². The number of carbonyl (C=O) groups excluding carboxylic acids is 2. The average molecular weight is 344 g/mol. The van der Waals surface area contributed by atoms with Crippen molar-refractivity contribution < 1.29 is 70.8 Å². The Morgan fingerprint density at radius 3 is 2.52 bits per heavy atom. The number of aliphatic carboxylic acids is 1. The van der Waals surface area contributed by atoms with E-state index in [9.17, 15) is 14.7 Å². The molecule has 1 aliphatic heterocycles. The third-order valence-electron chi connectivity index (χ3n) is 4.26. The zero-order valence-corrected chi connectivity index (χ0v) is 17.2. The Labute approximate surface area is 179 Å². The van der Waals surface area contributed by atoms with Gasteiger partial charge in [-0.3, -0.25) is 0 Å². The molecule has 23 heavy (non-hydrogen) atoms. The third-order valence-corrected chi connectivity index (χ3v) is 4.26. The molecule has 0 aromatic heterocycles. The number of urea groups is 1. The Morgan fingerprint density at radius 2 is 2.00 bits per heavy atom. The zero-order chi connectivity index (χ0) is 16.3. The van der Waals surface area contributed by atoms with Crippen LogP contribution in [0.3, 0.4) is 0 Å². The van der Waals surface area contributed by atoms with Gasteiger partial charge in [0, 0.05) is 20.1 Å². The van der Waals surface area contributed by atoms with E-state index in [1.807, 2.05) is 37.3 Å². The fourth-order valence-electron chi connectivity index (χ4n) is 2.77. The van der Waals surface area contributed by atoms with Crippen LogP contribution in [0.2, 0.25) is 0 Å². The number of amides is 2. The average Bonchev–Trinajstić information content (AvgIpc) is 2.87. The standard InChI is InChI=1S/C16H22N2O4.K/c1-11(12-7-5-4-6-8-12)17-15(21)18-10-13(22-3)9-16(18,2)14(19)20;/h4-8,11,13H,9-10H2,1-3H3,(H,17,21)(H,19,20);/q;+1/p-1/t11-,13?,16?;/m0./s1. The van der Waals surface area contributed by atoms with Gasteiger partial charge in [-0.15, -0.1) is 0 Å². The smallest absolute Gasteiger partial charge is 0.548 e. The van der Waals surface area contributed by atoms with Crippen LogP contribution in [-0.2, 0) is 9.53 Å². The number of benzene rings is 1. The van der Waals surface area contributed by atoms with Crippen LogP contribution < -0.4 is 61.8 Å². The van der Waals surface area contributed by atoms with Gasteiger partial charge in [-0.05, 0) is 19.4 Å². The molecule has 0 saturated carbocycles. The predicted octanol–water partition coefficient (Wildman–Crippen LogP) is -2.31. The van der Waals surface area contributed by atoms with Gasteiger partial charge in [-0.1, -0.05) is 30.3 Å². The molecule has 6 nitrogen and oxygen atoms in total. The van der Waals surface area contributed by atoms with Crippen LogP contribution in [0.25, 0.3) is 0 Å². The Hall–Kier alpha value is -0.444. The van der Waals surface area contributed by atoms with Crippen molar-refractivity contribution in [2.45, 2.75) is 38.0 Å². The summed E-state index contributed by atoms with van der Waals surface area (Å²) in [6.07, 6.45) is -0.0837. The van der Waals surface area contributed by atoms with Crippen molar-refractivity contribution in [3.05, 3.63) is 35.9 Å². The Bertz CT molecular complexity index is 554. The molecule has 0 spiro atoms. The van der Waals surface area contributed by atoms with Gasteiger partial charge < -0.3 is 24.9 Å². The number of carboxylic acid groups (broad SMARTS) is 1. The first-order chi connectivity index (χ1) is 10.4. The van der Waals surface area contributed by atoms with Crippen LogP contribution in [0.1, 0.15) is 31.9 Å². The number of hydrogen-bond donors (Lipinski definition) is 1. The minimum atomic E-state index is -1.36. The van der Waals surface area contributed by atoms with E-state index in [0.29, 0.717) is 0 Å². The first-order valence-corrected chi connectivity index (χ1v) is 7.26. The normalized spacial score (nSPS) is 24.7. The van der Waals surface area contributed by atoms with E-state index >= 15 is 0 Å². The fraction of sp³-hybridized carbons (Fsp3) is 0.500. The van der Waals surface area contributed by atoms with Gasteiger partial charge in [-0.25, -0.2) is 4.79 Å². The van der Waals surface area contributed by atoms with E-state index in [4.69, 9.17) is 4.74 Å². The van der Waals surface area contributed by atoms with Crippen molar-refractivity contribution >= 4 is 12.0 Å². The summed E-state index contributed by atoms with van der Waals surface area (Å²) in [4.78, 5) is 25.2. The minimum absolute atomic E-state index is 0. The number of carboxylic acids is 1. The van der Waals surface area contributed by atoms with Crippen LogP contribution in [-0.4, -0.2) is 42.2 Å². The first kappa shape index (κ1) is 20.6. The molecule has 1 N–H and O–H groups in total. The van der Waals surface area contributed by atoms with E-state index in [-0.39, 0.29) is 76.5 Å². The van der Waals surface area contributed by atoms with Crippen LogP contribution in [0.5, 0.6) is 0 Å². The van der Waals surface area contributed by atoms with Crippen LogP contribution in [0.4, 0.5) is 4.79 Å². The number of nitrogens with one attached hydrogen (secondary N) is 1. The SMILES string of the molecule is COC1CN(C(=O)N[C@@H](C)c2ccccc2)C(C)(C(=O)[O-])C1.[K+]. The molecule has 1 aromatic carbocycles. The molecule has 0 aliphatic carbocycles. The number of hydrogen-bond acceptors (Lipinski definition) is 4. The summed E-state index contributed by atoms with van der Waals surface area (Å²) in [7, 11) is 1.51. The number of carbonyl (C=O) groups is 2. The number of methoxy groups -OCH3 is 1. The molecule has 1 heterocycles. The molecule has 2 amide bonds. The van der Waals surface area contributed by atoms with E-state index in [0.717, 1.165) is 5.56 Å². The molecule has 0 bridgehead atoms. The number of ether oxygens (including phenoxy) is 1. The fourth-order valence-corrected chi connectivity index (χ4v) is 2.77. The summed E-state index contributed by atoms with van der Waals surface area (Å²) in [6.45, 7) is 3.58. The molecule has 7 heteroatoms. The van der Waals surface area contributed by atoms with Crippen molar-refractivity contribution in [3.8, 4) is 0 Å². The molecule has 2 rings (SSSR count). The van der Waals surface area contributed by atoms with Gasteiger partial charge in [-0.2, -0.15) is 0 Å². The molecular formula is C16H21KN2O4. The largest absolute Gasteiger partial charge is 1.00 e. The maximum absolute atomic E-state index is 12.5. The second-order valence-corrected chi connectivity index (χ2v) is 5.82. The summed E-state index contributed by atoms with van der Waals surface area (Å²) in [6, 6.07) is 8.84. The summed E-state index contributed by atoms with van der Waals surface area (Å²) >= 11 is 0. The monoisotopic (exact) mass is 344 g/mol. The van der Waals surface area contributed by atoms with E-state index < -0.39 is 17.5 Å². The van der Waals surface area contributed by atoms with Crippen LogP contribution in [0, 0.1) is 0 Å². The summed E-state index contributed by atoms with van der Waals surface area (Å²) in [5.41, 5.74) is -0.408. The molecule has 1 aliphatic rings. The van der Waals surface area contributed by atoms with Crippen molar-refractivity contribution in [1.82, 2.24) is 10.2 Å². The van der Waals surface area contributed by atoms with Gasteiger partial charge in [0.1, 0.15) is 0 Å². The molecule has 3 atom stereocenters. The van der Waals surface area contributed by atoms with Gasteiger partial charge in [0.15, 0.2) is 0 Å². The molecule has 1 saturated heterocycles. The molecule has 1 aromatic rings. The number of nitrogens with zero attached hydrogens (tertiary/aromatic N) is 1. The first-order valence-electron chi connectivity index (χ1n) is 7.26. The van der Waals surface area contributed by atoms with Gasteiger partial charge >= 0.3 is 57.4 Å². The third kappa shape index (κ3) is 4.55. The van der Waals surface area contributed by atoms with Crippen molar-refractivity contribution in [1.29, 1.82) is 0 Å². The Morgan fingerprint density at radius 1 is 1.39 bits per heavy atom. The zero-order valence-electron chi connectivity index (χ0n) is 14.0. The van der Waals surface area contributed by atoms with Crippen LogP contribution in [0.15, 0.2) is 30.3 Å². The maximum Gasteiger partial charge on any atom is 1.00 e. The van der Waals surface area contributed by atoms with Gasteiger partial charge in [0.05, 0.1) is 23.7 Å². The maximum atomic E-state index is 12.5. The molecule has 0 radical (unpaired) electrons. The molecule has 1 fully saturated rings. The topological polar surface area (TPSA) is 81.7 Å².